The van der Waals surface area contributed by atoms with Crippen LogP contribution in [0.2, 0.25) is 4.34 Å². The predicted octanol–water partition coefficient (Wildman–Crippen LogP) is 3.32. The first-order valence-electron chi connectivity index (χ1n) is 3.84. The average molecular weight is 316 g/mol. The van der Waals surface area contributed by atoms with Gasteiger partial charge in [-0.15, -0.1) is 11.3 Å². The van der Waals surface area contributed by atoms with Crippen LogP contribution >= 0.6 is 45.5 Å². The summed E-state index contributed by atoms with van der Waals surface area (Å²) in [6.45, 7) is 2.05. The van der Waals surface area contributed by atoms with E-state index in [0.717, 1.165) is 17.4 Å². The van der Waals surface area contributed by atoms with Gasteiger partial charge in [0.2, 0.25) is 0 Å². The number of hydrogen-bond donors (Lipinski definition) is 1. The molecule has 0 aliphatic carbocycles. The van der Waals surface area contributed by atoms with Crippen molar-refractivity contribution in [2.45, 2.75) is 13.0 Å². The van der Waals surface area contributed by atoms with E-state index in [1.165, 1.54) is 15.7 Å². The molecular weight excluding hydrogens is 305 g/mol. The molecule has 0 spiro atoms. The Morgan fingerprint density at radius 2 is 2.33 bits per heavy atom. The van der Waals surface area contributed by atoms with Crippen LogP contribution in [-0.4, -0.2) is 11.0 Å². The van der Waals surface area contributed by atoms with Gasteiger partial charge in [-0.05, 0) is 25.1 Å². The minimum Gasteiger partial charge on any atom is -0.312 e. The van der Waals surface area contributed by atoms with Gasteiger partial charge in [0.15, 0.2) is 0 Å². The summed E-state index contributed by atoms with van der Waals surface area (Å²) in [5, 5.41) is 3.36. The fourth-order valence-corrected chi connectivity index (χ4v) is 2.29. The second kappa shape index (κ2) is 6.18. The second-order valence-corrected chi connectivity index (χ2v) is 5.30. The maximum Gasteiger partial charge on any atom is 0.0931 e. The van der Waals surface area contributed by atoms with Crippen LogP contribution in [-0.2, 0) is 6.54 Å². The molecule has 0 amide bonds. The van der Waals surface area contributed by atoms with E-state index in [-0.39, 0.29) is 0 Å². The third kappa shape index (κ3) is 4.07. The Labute approximate surface area is 95.6 Å². The molecule has 0 saturated carbocycles. The molecule has 1 aromatic rings. The lowest BCUT2D eigenvalue weighted by molar-refractivity contribution is 0.688. The van der Waals surface area contributed by atoms with Crippen molar-refractivity contribution in [2.24, 2.45) is 0 Å². The van der Waals surface area contributed by atoms with Gasteiger partial charge in [0, 0.05) is 15.8 Å². The van der Waals surface area contributed by atoms with Crippen molar-refractivity contribution < 1.29 is 0 Å². The number of nitrogens with one attached hydrogen (secondary N) is 1. The molecule has 0 fully saturated rings. The zero-order valence-electron chi connectivity index (χ0n) is 6.65. The normalized spacial score (nSPS) is 10.5. The smallest absolute Gasteiger partial charge is 0.0931 e. The Bertz CT molecular complexity index is 227. The minimum atomic E-state index is 0.876. The first kappa shape index (κ1) is 10.8. The SMILES string of the molecule is Clc1ccc(CNCCCI)s1. The van der Waals surface area contributed by atoms with E-state index in [9.17, 15) is 0 Å². The van der Waals surface area contributed by atoms with E-state index in [4.69, 9.17) is 11.6 Å². The molecule has 1 N–H and O–H groups in total. The molecular formula is C8H11ClINS. The summed E-state index contributed by atoms with van der Waals surface area (Å²) in [6, 6.07) is 4.02. The highest BCUT2D eigenvalue weighted by Crippen LogP contribution is 2.20. The fourth-order valence-electron chi connectivity index (χ4n) is 0.850. The van der Waals surface area contributed by atoms with Crippen LogP contribution in [0.15, 0.2) is 12.1 Å². The molecule has 0 radical (unpaired) electrons. The highest BCUT2D eigenvalue weighted by molar-refractivity contribution is 14.1. The molecule has 4 heteroatoms. The average Bonchev–Trinajstić information content (AvgIpc) is 2.45. The molecule has 0 aliphatic heterocycles. The monoisotopic (exact) mass is 315 g/mol. The van der Waals surface area contributed by atoms with Crippen LogP contribution < -0.4 is 5.32 Å². The van der Waals surface area contributed by atoms with Crippen molar-refractivity contribution in [3.05, 3.63) is 21.3 Å². The second-order valence-electron chi connectivity index (χ2n) is 2.43. The third-order valence-electron chi connectivity index (χ3n) is 1.42. The van der Waals surface area contributed by atoms with Crippen molar-refractivity contribution in [3.8, 4) is 0 Å². The molecule has 0 aromatic carbocycles. The Morgan fingerprint density at radius 3 is 2.92 bits per heavy atom. The molecule has 1 rings (SSSR count). The zero-order chi connectivity index (χ0) is 8.81. The summed E-state index contributed by atoms with van der Waals surface area (Å²) in [5.74, 6) is 0. The highest BCUT2D eigenvalue weighted by Gasteiger charge is 1.95. The number of rotatable bonds is 5. The van der Waals surface area contributed by atoms with Gasteiger partial charge in [0.25, 0.3) is 0 Å². The van der Waals surface area contributed by atoms with Crippen molar-refractivity contribution in [2.75, 3.05) is 11.0 Å². The Balaban J connectivity index is 2.15. The van der Waals surface area contributed by atoms with Gasteiger partial charge in [-0.3, -0.25) is 0 Å². The van der Waals surface area contributed by atoms with Gasteiger partial charge in [-0.25, -0.2) is 0 Å². The maximum atomic E-state index is 5.79. The number of hydrogen-bond acceptors (Lipinski definition) is 2. The largest absolute Gasteiger partial charge is 0.312 e. The molecule has 0 bridgehead atoms. The summed E-state index contributed by atoms with van der Waals surface area (Å²) >= 11 is 9.82. The summed E-state index contributed by atoms with van der Waals surface area (Å²) in [5.41, 5.74) is 0. The van der Waals surface area contributed by atoms with Crippen molar-refractivity contribution >= 4 is 45.5 Å². The van der Waals surface area contributed by atoms with Gasteiger partial charge in [-0.2, -0.15) is 0 Å². The van der Waals surface area contributed by atoms with Crippen molar-refractivity contribution in [1.82, 2.24) is 5.32 Å². The Hall–Kier alpha value is 0.680. The van der Waals surface area contributed by atoms with E-state index < -0.39 is 0 Å². The number of alkyl halides is 1. The molecule has 1 nitrogen and oxygen atoms in total. The Kier molecular flexibility index (Phi) is 5.54. The summed E-state index contributed by atoms with van der Waals surface area (Å²) < 4.78 is 2.09. The van der Waals surface area contributed by atoms with E-state index in [1.807, 2.05) is 6.07 Å². The van der Waals surface area contributed by atoms with E-state index in [1.54, 1.807) is 11.3 Å². The Morgan fingerprint density at radius 1 is 1.50 bits per heavy atom. The summed E-state index contributed by atoms with van der Waals surface area (Å²) in [7, 11) is 0. The minimum absolute atomic E-state index is 0.876. The number of thiophene rings is 1. The number of halogens is 2. The van der Waals surface area contributed by atoms with Gasteiger partial charge >= 0.3 is 0 Å². The molecule has 68 valence electrons. The lowest BCUT2D eigenvalue weighted by Gasteiger charge is -1.99. The summed E-state index contributed by atoms with van der Waals surface area (Å²) in [4.78, 5) is 1.31. The fraction of sp³-hybridized carbons (Fsp3) is 0.500. The first-order chi connectivity index (χ1) is 5.83. The van der Waals surface area contributed by atoms with Crippen molar-refractivity contribution in [3.63, 3.8) is 0 Å². The van der Waals surface area contributed by atoms with Crippen LogP contribution in [0, 0.1) is 0 Å². The van der Waals surface area contributed by atoms with Crippen LogP contribution in [0.4, 0.5) is 0 Å². The quantitative estimate of drug-likeness (QED) is 0.499. The van der Waals surface area contributed by atoms with Crippen LogP contribution in [0.1, 0.15) is 11.3 Å². The third-order valence-corrected chi connectivity index (χ3v) is 3.41. The molecule has 0 saturated heterocycles. The topological polar surface area (TPSA) is 12.0 Å². The molecule has 0 atom stereocenters. The predicted molar refractivity (Wildman–Crippen MR) is 64.5 cm³/mol. The molecule has 12 heavy (non-hydrogen) atoms. The lowest BCUT2D eigenvalue weighted by Crippen LogP contribution is -2.13. The molecule has 0 aliphatic rings. The summed E-state index contributed by atoms with van der Waals surface area (Å²) in [6.07, 6.45) is 1.24. The van der Waals surface area contributed by atoms with Gasteiger partial charge in [0.1, 0.15) is 0 Å². The first-order valence-corrected chi connectivity index (χ1v) is 6.56. The van der Waals surface area contributed by atoms with Gasteiger partial charge < -0.3 is 5.32 Å². The van der Waals surface area contributed by atoms with E-state index in [0.29, 0.717) is 0 Å². The molecule has 1 heterocycles. The van der Waals surface area contributed by atoms with Crippen LogP contribution in [0.25, 0.3) is 0 Å². The molecule has 0 unspecified atom stereocenters. The van der Waals surface area contributed by atoms with E-state index >= 15 is 0 Å². The highest BCUT2D eigenvalue weighted by atomic mass is 127. The van der Waals surface area contributed by atoms with Crippen LogP contribution in [0.3, 0.4) is 0 Å². The van der Waals surface area contributed by atoms with E-state index in [2.05, 4.69) is 34.0 Å². The van der Waals surface area contributed by atoms with Gasteiger partial charge in [0.05, 0.1) is 4.34 Å². The molecule has 1 aromatic heterocycles. The van der Waals surface area contributed by atoms with Gasteiger partial charge in [-0.1, -0.05) is 34.2 Å². The zero-order valence-corrected chi connectivity index (χ0v) is 10.4. The lowest BCUT2D eigenvalue weighted by atomic mass is 10.4. The maximum absolute atomic E-state index is 5.79. The standard InChI is InChI=1S/C8H11ClINS/c9-8-3-2-7(12-8)6-11-5-1-4-10/h2-3,11H,1,4-6H2. The van der Waals surface area contributed by atoms with Crippen LogP contribution in [0.5, 0.6) is 0 Å². The van der Waals surface area contributed by atoms with Crippen molar-refractivity contribution in [1.29, 1.82) is 0 Å².